The third-order valence-electron chi connectivity index (χ3n) is 3.02. The van der Waals surface area contributed by atoms with E-state index in [0.717, 1.165) is 12.1 Å². The van der Waals surface area contributed by atoms with Gasteiger partial charge in [0.25, 0.3) is 0 Å². The number of rotatable bonds is 5. The monoisotopic (exact) mass is 277 g/mol. The molecule has 108 valence electrons. The molecule has 6 nitrogen and oxygen atoms in total. The van der Waals surface area contributed by atoms with Crippen molar-refractivity contribution in [2.75, 3.05) is 20.0 Å². The highest BCUT2D eigenvalue weighted by Gasteiger charge is 2.19. The number of methoxy groups -OCH3 is 2. The Balaban J connectivity index is 2.47. The third kappa shape index (κ3) is 2.36. The summed E-state index contributed by atoms with van der Waals surface area (Å²) in [7, 11) is 4.93. The highest BCUT2D eigenvalue weighted by Crippen LogP contribution is 2.41. The molecular formula is C14H19N3O3. The second-order valence-electron chi connectivity index (χ2n) is 4.24. The molecule has 1 heterocycles. The number of hydrogen-bond donors (Lipinski definition) is 1. The van der Waals surface area contributed by atoms with E-state index < -0.39 is 0 Å². The van der Waals surface area contributed by atoms with Crippen molar-refractivity contribution in [2.24, 2.45) is 7.05 Å². The summed E-state index contributed by atoms with van der Waals surface area (Å²) < 4.78 is 18.1. The van der Waals surface area contributed by atoms with Crippen LogP contribution in [0.5, 0.6) is 23.1 Å². The molecule has 0 aliphatic heterocycles. The number of aromatic nitrogens is 2. The third-order valence-corrected chi connectivity index (χ3v) is 3.02. The van der Waals surface area contributed by atoms with Crippen LogP contribution in [-0.2, 0) is 13.5 Å². The molecule has 0 unspecified atom stereocenters. The van der Waals surface area contributed by atoms with Gasteiger partial charge in [0.15, 0.2) is 11.5 Å². The number of para-hydroxylation sites is 1. The van der Waals surface area contributed by atoms with E-state index in [0.29, 0.717) is 28.8 Å². The Bertz CT molecular complexity index is 586. The quantitative estimate of drug-likeness (QED) is 0.908. The molecular weight excluding hydrogens is 258 g/mol. The van der Waals surface area contributed by atoms with Crippen LogP contribution in [0.3, 0.4) is 0 Å². The van der Waals surface area contributed by atoms with Gasteiger partial charge >= 0.3 is 0 Å². The minimum Gasteiger partial charge on any atom is -0.493 e. The Morgan fingerprint density at radius 1 is 1.20 bits per heavy atom. The van der Waals surface area contributed by atoms with Crippen LogP contribution in [0.1, 0.15) is 12.6 Å². The first-order chi connectivity index (χ1) is 9.62. The van der Waals surface area contributed by atoms with Crippen LogP contribution in [0, 0.1) is 0 Å². The molecule has 0 saturated carbocycles. The molecule has 0 aliphatic carbocycles. The van der Waals surface area contributed by atoms with E-state index in [9.17, 15) is 0 Å². The lowest BCUT2D eigenvalue weighted by atomic mass is 10.3. The summed E-state index contributed by atoms with van der Waals surface area (Å²) in [6.07, 6.45) is 0.742. The Labute approximate surface area is 118 Å². The zero-order valence-electron chi connectivity index (χ0n) is 12.1. The number of ether oxygens (including phenoxy) is 3. The van der Waals surface area contributed by atoms with E-state index in [4.69, 9.17) is 19.9 Å². The van der Waals surface area contributed by atoms with Gasteiger partial charge in [-0.2, -0.15) is 5.10 Å². The summed E-state index contributed by atoms with van der Waals surface area (Å²) in [5.74, 6) is 2.10. The summed E-state index contributed by atoms with van der Waals surface area (Å²) in [5, 5.41) is 4.32. The number of nitrogen functional groups attached to an aromatic ring is 1. The van der Waals surface area contributed by atoms with Gasteiger partial charge in [-0.25, -0.2) is 4.68 Å². The molecule has 0 spiro atoms. The number of aryl methyl sites for hydroxylation is 2. The zero-order valence-corrected chi connectivity index (χ0v) is 12.1. The molecule has 0 bridgehead atoms. The van der Waals surface area contributed by atoms with Crippen molar-refractivity contribution in [2.45, 2.75) is 13.3 Å². The summed E-state index contributed by atoms with van der Waals surface area (Å²) in [4.78, 5) is 0. The van der Waals surface area contributed by atoms with Crippen molar-refractivity contribution in [3.8, 4) is 23.1 Å². The molecule has 2 aromatic rings. The second kappa shape index (κ2) is 5.73. The molecule has 0 aliphatic rings. The lowest BCUT2D eigenvalue weighted by Gasteiger charge is -2.14. The molecule has 0 radical (unpaired) electrons. The first-order valence-electron chi connectivity index (χ1n) is 6.32. The van der Waals surface area contributed by atoms with Gasteiger partial charge in [0.1, 0.15) is 5.69 Å². The minimum atomic E-state index is 0.477. The molecule has 1 aromatic heterocycles. The lowest BCUT2D eigenvalue weighted by Crippen LogP contribution is -2.00. The minimum absolute atomic E-state index is 0.477. The highest BCUT2D eigenvalue weighted by molar-refractivity contribution is 5.58. The first-order valence-corrected chi connectivity index (χ1v) is 6.32. The van der Waals surface area contributed by atoms with Crippen LogP contribution in [-0.4, -0.2) is 24.0 Å². The number of anilines is 1. The van der Waals surface area contributed by atoms with Crippen LogP contribution < -0.4 is 19.9 Å². The van der Waals surface area contributed by atoms with Crippen molar-refractivity contribution >= 4 is 5.69 Å². The van der Waals surface area contributed by atoms with E-state index in [1.165, 1.54) is 0 Å². The van der Waals surface area contributed by atoms with Crippen molar-refractivity contribution in [3.63, 3.8) is 0 Å². The molecule has 0 amide bonds. The molecule has 0 atom stereocenters. The van der Waals surface area contributed by atoms with E-state index in [-0.39, 0.29) is 0 Å². The van der Waals surface area contributed by atoms with Gasteiger partial charge in [-0.1, -0.05) is 13.0 Å². The molecule has 0 fully saturated rings. The average molecular weight is 277 g/mol. The zero-order chi connectivity index (χ0) is 14.7. The van der Waals surface area contributed by atoms with Crippen LogP contribution in [0.15, 0.2) is 18.2 Å². The van der Waals surface area contributed by atoms with Crippen molar-refractivity contribution in [3.05, 3.63) is 23.9 Å². The van der Waals surface area contributed by atoms with Gasteiger partial charge in [0.05, 0.1) is 19.9 Å². The van der Waals surface area contributed by atoms with Crippen molar-refractivity contribution < 1.29 is 14.2 Å². The van der Waals surface area contributed by atoms with Crippen LogP contribution >= 0.6 is 0 Å². The topological polar surface area (TPSA) is 71.5 Å². The van der Waals surface area contributed by atoms with Gasteiger partial charge in [-0.15, -0.1) is 0 Å². The largest absolute Gasteiger partial charge is 0.493 e. The normalized spacial score (nSPS) is 10.4. The number of nitrogens with two attached hydrogens (primary N) is 1. The molecule has 2 N–H and O–H groups in total. The van der Waals surface area contributed by atoms with Crippen LogP contribution in [0.2, 0.25) is 0 Å². The van der Waals surface area contributed by atoms with E-state index in [2.05, 4.69) is 5.10 Å². The van der Waals surface area contributed by atoms with Gasteiger partial charge in [0.2, 0.25) is 11.6 Å². The standard InChI is InChI=1S/C14H19N3O3/c1-5-9-12(15)14(17(2)16-9)20-13-10(18-3)7-6-8-11(13)19-4/h6-8H,5,15H2,1-4H3. The highest BCUT2D eigenvalue weighted by atomic mass is 16.5. The smallest absolute Gasteiger partial charge is 0.241 e. The fraction of sp³-hybridized carbons (Fsp3) is 0.357. The predicted molar refractivity (Wildman–Crippen MR) is 76.6 cm³/mol. The van der Waals surface area contributed by atoms with E-state index >= 15 is 0 Å². The van der Waals surface area contributed by atoms with Crippen molar-refractivity contribution in [1.82, 2.24) is 9.78 Å². The van der Waals surface area contributed by atoms with Gasteiger partial charge in [-0.3, -0.25) is 0 Å². The average Bonchev–Trinajstić information content (AvgIpc) is 2.74. The maximum absolute atomic E-state index is 6.06. The summed E-state index contributed by atoms with van der Waals surface area (Å²) in [6, 6.07) is 5.42. The molecule has 6 heteroatoms. The Hall–Kier alpha value is -2.37. The number of benzene rings is 1. The van der Waals surface area contributed by atoms with Crippen molar-refractivity contribution in [1.29, 1.82) is 0 Å². The van der Waals surface area contributed by atoms with E-state index in [1.54, 1.807) is 38.1 Å². The molecule has 2 rings (SSSR count). The fourth-order valence-corrected chi connectivity index (χ4v) is 1.97. The Morgan fingerprint density at radius 3 is 2.25 bits per heavy atom. The lowest BCUT2D eigenvalue weighted by molar-refractivity contribution is 0.335. The fourth-order valence-electron chi connectivity index (χ4n) is 1.97. The van der Waals surface area contributed by atoms with Gasteiger partial charge < -0.3 is 19.9 Å². The Kier molecular flexibility index (Phi) is 4.02. The van der Waals surface area contributed by atoms with Gasteiger partial charge in [-0.05, 0) is 18.6 Å². The van der Waals surface area contributed by atoms with Crippen LogP contribution in [0.4, 0.5) is 5.69 Å². The van der Waals surface area contributed by atoms with Crippen LogP contribution in [0.25, 0.3) is 0 Å². The first kappa shape index (κ1) is 14.0. The number of nitrogens with zero attached hydrogens (tertiary/aromatic N) is 2. The van der Waals surface area contributed by atoms with Gasteiger partial charge in [0, 0.05) is 7.05 Å². The molecule has 0 saturated heterocycles. The summed E-state index contributed by atoms with van der Waals surface area (Å²) in [5.41, 5.74) is 7.39. The maximum atomic E-state index is 6.06. The maximum Gasteiger partial charge on any atom is 0.241 e. The summed E-state index contributed by atoms with van der Waals surface area (Å²) in [6.45, 7) is 1.99. The second-order valence-corrected chi connectivity index (χ2v) is 4.24. The predicted octanol–water partition coefficient (Wildman–Crippen LogP) is 2.37. The molecule has 20 heavy (non-hydrogen) atoms. The SMILES string of the molecule is CCc1nn(C)c(Oc2c(OC)cccc2OC)c1N. The van der Waals surface area contributed by atoms with E-state index in [1.807, 2.05) is 13.0 Å². The molecule has 1 aromatic carbocycles. The summed E-state index contributed by atoms with van der Waals surface area (Å²) >= 11 is 0. The Morgan fingerprint density at radius 2 is 1.80 bits per heavy atom. The number of hydrogen-bond acceptors (Lipinski definition) is 5.